The van der Waals surface area contributed by atoms with Crippen LogP contribution in [0.2, 0.25) is 0 Å². The summed E-state index contributed by atoms with van der Waals surface area (Å²) in [4.78, 5) is 1.20. The number of nitrogens with two attached hydrogens (primary N) is 1. The third-order valence-corrected chi connectivity index (χ3v) is 3.58. The van der Waals surface area contributed by atoms with Crippen LogP contribution in [0.25, 0.3) is 0 Å². The third-order valence-electron chi connectivity index (χ3n) is 2.13. The highest BCUT2D eigenvalue weighted by Gasteiger charge is 2.01. The molecule has 2 N–H and O–H groups in total. The molecule has 0 bridgehead atoms. The minimum atomic E-state index is 0.563. The van der Waals surface area contributed by atoms with E-state index >= 15 is 0 Å². The van der Waals surface area contributed by atoms with Crippen LogP contribution < -0.4 is 5.73 Å². The zero-order valence-corrected chi connectivity index (χ0v) is 11.1. The van der Waals surface area contributed by atoms with Crippen molar-refractivity contribution in [3.63, 3.8) is 0 Å². The summed E-state index contributed by atoms with van der Waals surface area (Å²) in [6.45, 7) is 0.563. The van der Waals surface area contributed by atoms with E-state index in [9.17, 15) is 0 Å². The molecule has 0 aliphatic heterocycles. The van der Waals surface area contributed by atoms with Gasteiger partial charge in [0.25, 0.3) is 0 Å². The van der Waals surface area contributed by atoms with Gasteiger partial charge in [-0.3, -0.25) is 0 Å². The molecule has 2 rings (SSSR count). The molecule has 84 valence electrons. The van der Waals surface area contributed by atoms with Crippen LogP contribution in [0.15, 0.2) is 50.4 Å². The Hall–Kier alpha value is -0.710. The Morgan fingerprint density at radius 3 is 2.88 bits per heavy atom. The zero-order valence-electron chi connectivity index (χ0n) is 8.65. The van der Waals surface area contributed by atoms with Gasteiger partial charge in [-0.05, 0) is 35.9 Å². The van der Waals surface area contributed by atoms with Crippen molar-refractivity contribution in [2.75, 3.05) is 0 Å². The van der Waals surface area contributed by atoms with Gasteiger partial charge in [0.1, 0.15) is 5.76 Å². The summed E-state index contributed by atoms with van der Waals surface area (Å²) in [5.41, 5.74) is 6.77. The van der Waals surface area contributed by atoms with Crippen LogP contribution in [-0.2, 0) is 12.3 Å². The van der Waals surface area contributed by atoms with Crippen molar-refractivity contribution in [3.05, 3.63) is 52.4 Å². The van der Waals surface area contributed by atoms with Gasteiger partial charge in [0.15, 0.2) is 0 Å². The number of hydrogen-bond acceptors (Lipinski definition) is 3. The smallest absolute Gasteiger partial charge is 0.113 e. The van der Waals surface area contributed by atoms with Crippen molar-refractivity contribution in [1.82, 2.24) is 0 Å². The molecular weight excluding hydrogens is 286 g/mol. The van der Waals surface area contributed by atoms with E-state index in [1.54, 1.807) is 18.0 Å². The molecule has 0 amide bonds. The summed E-state index contributed by atoms with van der Waals surface area (Å²) in [5, 5.41) is 0. The Bertz CT molecular complexity index is 456. The fourth-order valence-electron chi connectivity index (χ4n) is 1.37. The first-order valence-corrected chi connectivity index (χ1v) is 6.70. The first-order chi connectivity index (χ1) is 7.78. The fraction of sp³-hybridized carbons (Fsp3) is 0.167. The molecule has 0 saturated heterocycles. The van der Waals surface area contributed by atoms with Crippen molar-refractivity contribution < 1.29 is 4.42 Å². The van der Waals surface area contributed by atoms with Crippen molar-refractivity contribution in [3.8, 4) is 0 Å². The average molecular weight is 298 g/mol. The van der Waals surface area contributed by atoms with Gasteiger partial charge in [-0.2, -0.15) is 0 Å². The lowest BCUT2D eigenvalue weighted by Gasteiger charge is -2.04. The topological polar surface area (TPSA) is 39.2 Å². The number of thioether (sulfide) groups is 1. The van der Waals surface area contributed by atoms with Crippen LogP contribution >= 0.6 is 27.7 Å². The summed E-state index contributed by atoms with van der Waals surface area (Å²) < 4.78 is 6.35. The van der Waals surface area contributed by atoms with E-state index in [0.717, 1.165) is 21.5 Å². The van der Waals surface area contributed by atoms with E-state index in [0.29, 0.717) is 6.54 Å². The van der Waals surface area contributed by atoms with E-state index in [1.807, 2.05) is 18.2 Å². The second-order valence-corrected chi connectivity index (χ2v) is 5.33. The number of rotatable bonds is 4. The molecular formula is C12H12BrNOS. The molecule has 0 atom stereocenters. The van der Waals surface area contributed by atoms with Crippen molar-refractivity contribution in [2.24, 2.45) is 5.73 Å². The van der Waals surface area contributed by atoms with Gasteiger partial charge in [-0.1, -0.05) is 15.9 Å². The highest BCUT2D eigenvalue weighted by atomic mass is 79.9. The molecule has 2 nitrogen and oxygen atoms in total. The SMILES string of the molecule is NCc1cc(Br)cc(SCc2ccco2)c1. The molecule has 4 heteroatoms. The van der Waals surface area contributed by atoms with Crippen LogP contribution in [0.3, 0.4) is 0 Å². The van der Waals surface area contributed by atoms with Gasteiger partial charge in [-0.25, -0.2) is 0 Å². The Morgan fingerprint density at radius 2 is 2.19 bits per heavy atom. The van der Waals surface area contributed by atoms with Crippen LogP contribution in [0.5, 0.6) is 0 Å². The molecule has 0 unspecified atom stereocenters. The average Bonchev–Trinajstić information content (AvgIpc) is 2.78. The van der Waals surface area contributed by atoms with Gasteiger partial charge in [0, 0.05) is 15.9 Å². The first-order valence-electron chi connectivity index (χ1n) is 4.92. The maximum atomic E-state index is 5.63. The molecule has 0 saturated carbocycles. The number of hydrogen-bond donors (Lipinski definition) is 1. The van der Waals surface area contributed by atoms with Gasteiger partial charge in [0.05, 0.1) is 12.0 Å². The van der Waals surface area contributed by atoms with Gasteiger partial charge >= 0.3 is 0 Å². The molecule has 0 spiro atoms. The summed E-state index contributed by atoms with van der Waals surface area (Å²) in [6, 6.07) is 10.1. The maximum Gasteiger partial charge on any atom is 0.113 e. The molecule has 0 radical (unpaired) electrons. The third kappa shape index (κ3) is 3.14. The molecule has 2 aromatic rings. The highest BCUT2D eigenvalue weighted by Crippen LogP contribution is 2.27. The lowest BCUT2D eigenvalue weighted by atomic mass is 10.2. The van der Waals surface area contributed by atoms with Crippen molar-refractivity contribution in [1.29, 1.82) is 0 Å². The molecule has 0 aliphatic carbocycles. The second-order valence-electron chi connectivity index (χ2n) is 3.37. The molecule has 1 aromatic carbocycles. The minimum Gasteiger partial charge on any atom is -0.468 e. The standard InChI is InChI=1S/C12H12BrNOS/c13-10-4-9(7-14)5-12(6-10)16-8-11-2-1-3-15-11/h1-6H,7-8,14H2. The molecule has 0 fully saturated rings. The first kappa shape index (κ1) is 11.8. The van der Waals surface area contributed by atoms with Gasteiger partial charge < -0.3 is 10.2 Å². The second kappa shape index (κ2) is 5.57. The lowest BCUT2D eigenvalue weighted by Crippen LogP contribution is -1.96. The van der Waals surface area contributed by atoms with Gasteiger partial charge in [-0.15, -0.1) is 11.8 Å². The molecule has 0 aliphatic rings. The van der Waals surface area contributed by atoms with E-state index in [2.05, 4.69) is 28.1 Å². The van der Waals surface area contributed by atoms with E-state index in [-0.39, 0.29) is 0 Å². The fourth-order valence-corrected chi connectivity index (χ4v) is 2.98. The number of furan rings is 1. The van der Waals surface area contributed by atoms with Gasteiger partial charge in [0.2, 0.25) is 0 Å². The number of halogens is 1. The number of benzene rings is 1. The normalized spacial score (nSPS) is 10.6. The highest BCUT2D eigenvalue weighted by molar-refractivity contribution is 9.10. The minimum absolute atomic E-state index is 0.563. The summed E-state index contributed by atoms with van der Waals surface area (Å²) >= 11 is 5.22. The largest absolute Gasteiger partial charge is 0.468 e. The Morgan fingerprint density at radius 1 is 1.31 bits per heavy atom. The Balaban J connectivity index is 2.06. The van der Waals surface area contributed by atoms with E-state index < -0.39 is 0 Å². The summed E-state index contributed by atoms with van der Waals surface area (Å²) in [5.74, 6) is 1.83. The van der Waals surface area contributed by atoms with Crippen molar-refractivity contribution >= 4 is 27.7 Å². The molecule has 1 aromatic heterocycles. The Labute approximate surface area is 107 Å². The summed E-state index contributed by atoms with van der Waals surface area (Å²) in [7, 11) is 0. The van der Waals surface area contributed by atoms with E-state index in [1.165, 1.54) is 4.90 Å². The predicted octanol–water partition coefficient (Wildman–Crippen LogP) is 3.79. The Kier molecular flexibility index (Phi) is 4.09. The van der Waals surface area contributed by atoms with Crippen LogP contribution in [0.4, 0.5) is 0 Å². The predicted molar refractivity (Wildman–Crippen MR) is 70.3 cm³/mol. The molecule has 1 heterocycles. The quantitative estimate of drug-likeness (QED) is 0.873. The summed E-state index contributed by atoms with van der Waals surface area (Å²) in [6.07, 6.45) is 1.70. The molecule has 16 heavy (non-hydrogen) atoms. The monoisotopic (exact) mass is 297 g/mol. The van der Waals surface area contributed by atoms with E-state index in [4.69, 9.17) is 10.2 Å². The lowest BCUT2D eigenvalue weighted by molar-refractivity contribution is 0.530. The van der Waals surface area contributed by atoms with Crippen LogP contribution in [0.1, 0.15) is 11.3 Å². The van der Waals surface area contributed by atoms with Crippen LogP contribution in [-0.4, -0.2) is 0 Å². The maximum absolute atomic E-state index is 5.63. The van der Waals surface area contributed by atoms with Crippen LogP contribution in [0, 0.1) is 0 Å². The zero-order chi connectivity index (χ0) is 11.4. The van der Waals surface area contributed by atoms with Crippen molar-refractivity contribution in [2.45, 2.75) is 17.2 Å².